The van der Waals surface area contributed by atoms with Crippen molar-refractivity contribution >= 4 is 11.9 Å². The monoisotopic (exact) mass is 353 g/mol. The lowest BCUT2D eigenvalue weighted by Gasteiger charge is -2.24. The maximum absolute atomic E-state index is 13.0. The Morgan fingerprint density at radius 3 is 2.65 bits per heavy atom. The molecule has 26 heavy (non-hydrogen) atoms. The van der Waals surface area contributed by atoms with Crippen molar-refractivity contribution in [1.82, 2.24) is 4.90 Å². The van der Waals surface area contributed by atoms with E-state index in [0.717, 1.165) is 28.9 Å². The highest BCUT2D eigenvalue weighted by Crippen LogP contribution is 2.28. The van der Waals surface area contributed by atoms with Crippen molar-refractivity contribution in [3.05, 3.63) is 65.2 Å². The summed E-state index contributed by atoms with van der Waals surface area (Å²) in [4.78, 5) is 26.0. The maximum atomic E-state index is 13.0. The predicted octanol–water partition coefficient (Wildman–Crippen LogP) is 2.91. The van der Waals surface area contributed by atoms with Crippen LogP contribution in [0.15, 0.2) is 48.5 Å². The Morgan fingerprint density at radius 1 is 1.19 bits per heavy atom. The lowest BCUT2D eigenvalue weighted by Crippen LogP contribution is -2.37. The zero-order chi connectivity index (χ0) is 18.5. The normalized spacial score (nSPS) is 16.7. The van der Waals surface area contributed by atoms with Crippen molar-refractivity contribution in [2.24, 2.45) is 5.92 Å². The number of carbonyl (C=O) groups excluding carboxylic acids is 1. The third kappa shape index (κ3) is 4.23. The fourth-order valence-corrected chi connectivity index (χ4v) is 3.44. The number of fused-ring (bicyclic) bond motifs is 1. The Kier molecular flexibility index (Phi) is 5.56. The minimum atomic E-state index is -0.941. The molecule has 2 aromatic rings. The maximum Gasteiger partial charge on any atom is 0.304 e. The Hall–Kier alpha value is -2.82. The number of benzene rings is 2. The van der Waals surface area contributed by atoms with Crippen LogP contribution in [0.4, 0.5) is 0 Å². The molecule has 5 nitrogen and oxygen atoms in total. The van der Waals surface area contributed by atoms with E-state index in [9.17, 15) is 14.7 Å². The Morgan fingerprint density at radius 2 is 1.96 bits per heavy atom. The average molecular weight is 353 g/mol. The van der Waals surface area contributed by atoms with Crippen LogP contribution in [0.5, 0.6) is 5.75 Å². The van der Waals surface area contributed by atoms with Gasteiger partial charge in [0, 0.05) is 13.1 Å². The topological polar surface area (TPSA) is 66.8 Å². The van der Waals surface area contributed by atoms with Crippen LogP contribution in [-0.2, 0) is 29.0 Å². The highest BCUT2D eigenvalue weighted by atomic mass is 16.5. The number of carboxylic acids is 1. The Labute approximate surface area is 153 Å². The van der Waals surface area contributed by atoms with Crippen LogP contribution in [0.3, 0.4) is 0 Å². The highest BCUT2D eigenvalue weighted by molar-refractivity contribution is 5.84. The molecule has 0 aromatic heterocycles. The van der Waals surface area contributed by atoms with E-state index in [-0.39, 0.29) is 12.3 Å². The molecule has 0 spiro atoms. The molecule has 0 aliphatic carbocycles. The highest BCUT2D eigenvalue weighted by Gasteiger charge is 2.31. The molecule has 0 fully saturated rings. The van der Waals surface area contributed by atoms with E-state index in [1.807, 2.05) is 48.5 Å². The second-order valence-electron chi connectivity index (χ2n) is 6.63. The van der Waals surface area contributed by atoms with Gasteiger partial charge in [0.05, 0.1) is 19.4 Å². The predicted molar refractivity (Wildman–Crippen MR) is 98.0 cm³/mol. The standard InChI is InChI=1S/C21H23NO4/c1-26-19-8-7-16-11-17(13-20(23)24)21(25)22(14-18(16)12-19)10-9-15-5-3-2-4-6-15/h2-8,12,17H,9-11,13-14H2,1H3,(H,23,24). The minimum absolute atomic E-state index is 0.0847. The van der Waals surface area contributed by atoms with Gasteiger partial charge in [0.25, 0.3) is 0 Å². The fourth-order valence-electron chi connectivity index (χ4n) is 3.44. The van der Waals surface area contributed by atoms with Crippen molar-refractivity contribution in [1.29, 1.82) is 0 Å². The van der Waals surface area contributed by atoms with E-state index in [1.165, 1.54) is 0 Å². The second kappa shape index (κ2) is 8.04. The Balaban J connectivity index is 1.85. The van der Waals surface area contributed by atoms with Crippen molar-refractivity contribution in [2.45, 2.75) is 25.8 Å². The molecule has 1 heterocycles. The summed E-state index contributed by atoms with van der Waals surface area (Å²) < 4.78 is 5.31. The minimum Gasteiger partial charge on any atom is -0.497 e. The molecule has 0 saturated carbocycles. The van der Waals surface area contributed by atoms with Gasteiger partial charge in [-0.15, -0.1) is 0 Å². The van der Waals surface area contributed by atoms with Gasteiger partial charge in [0.1, 0.15) is 5.75 Å². The number of aliphatic carboxylic acids is 1. The number of nitrogens with zero attached hydrogens (tertiary/aromatic N) is 1. The molecule has 0 saturated heterocycles. The van der Waals surface area contributed by atoms with Gasteiger partial charge in [-0.1, -0.05) is 36.4 Å². The SMILES string of the molecule is COc1ccc2c(c1)CN(CCc1ccccc1)C(=O)C(CC(=O)O)C2. The molecule has 1 aliphatic heterocycles. The molecule has 1 unspecified atom stereocenters. The van der Waals surface area contributed by atoms with Gasteiger partial charge >= 0.3 is 5.97 Å². The molecule has 1 amide bonds. The number of hydrogen-bond acceptors (Lipinski definition) is 3. The zero-order valence-electron chi connectivity index (χ0n) is 14.9. The van der Waals surface area contributed by atoms with Crippen LogP contribution in [-0.4, -0.2) is 35.5 Å². The van der Waals surface area contributed by atoms with E-state index >= 15 is 0 Å². The van der Waals surface area contributed by atoms with Crippen molar-refractivity contribution in [3.63, 3.8) is 0 Å². The summed E-state index contributed by atoms with van der Waals surface area (Å²) in [5, 5.41) is 9.21. The summed E-state index contributed by atoms with van der Waals surface area (Å²) in [5.74, 6) is -0.810. The lowest BCUT2D eigenvalue weighted by atomic mass is 9.94. The summed E-state index contributed by atoms with van der Waals surface area (Å²) in [6, 6.07) is 15.7. The van der Waals surface area contributed by atoms with E-state index in [4.69, 9.17) is 4.74 Å². The van der Waals surface area contributed by atoms with Crippen LogP contribution < -0.4 is 4.74 Å². The molecule has 1 aliphatic rings. The number of carboxylic acid groups (broad SMARTS) is 1. The van der Waals surface area contributed by atoms with Crippen LogP contribution in [0.25, 0.3) is 0 Å². The summed E-state index contributed by atoms with van der Waals surface area (Å²) in [6.45, 7) is 1.05. The van der Waals surface area contributed by atoms with Crippen molar-refractivity contribution < 1.29 is 19.4 Å². The van der Waals surface area contributed by atoms with Gasteiger partial charge in [0.2, 0.25) is 5.91 Å². The molecular formula is C21H23NO4. The largest absolute Gasteiger partial charge is 0.497 e. The first-order valence-electron chi connectivity index (χ1n) is 8.77. The third-order valence-corrected chi connectivity index (χ3v) is 4.84. The molecule has 2 aromatic carbocycles. The molecule has 1 atom stereocenters. The summed E-state index contributed by atoms with van der Waals surface area (Å²) in [5.41, 5.74) is 3.21. The first-order valence-corrected chi connectivity index (χ1v) is 8.77. The molecule has 1 N–H and O–H groups in total. The number of methoxy groups -OCH3 is 1. The molecular weight excluding hydrogens is 330 g/mol. The quantitative estimate of drug-likeness (QED) is 0.867. The van der Waals surface area contributed by atoms with Crippen LogP contribution in [0.1, 0.15) is 23.1 Å². The summed E-state index contributed by atoms with van der Waals surface area (Å²) in [7, 11) is 1.62. The number of carbonyl (C=O) groups is 2. The first kappa shape index (κ1) is 18.0. The number of hydrogen-bond donors (Lipinski definition) is 1. The second-order valence-corrected chi connectivity index (χ2v) is 6.63. The first-order chi connectivity index (χ1) is 12.6. The van der Waals surface area contributed by atoms with Crippen LogP contribution in [0, 0.1) is 5.92 Å². The van der Waals surface area contributed by atoms with Gasteiger partial charge in [-0.3, -0.25) is 9.59 Å². The Bertz CT molecular complexity index is 788. The van der Waals surface area contributed by atoms with Crippen LogP contribution >= 0.6 is 0 Å². The number of rotatable bonds is 6. The van der Waals surface area contributed by atoms with Gasteiger partial charge in [0.15, 0.2) is 0 Å². The number of amides is 1. The molecule has 0 bridgehead atoms. The average Bonchev–Trinajstić information content (AvgIpc) is 2.77. The molecule has 5 heteroatoms. The smallest absolute Gasteiger partial charge is 0.304 e. The fraction of sp³-hybridized carbons (Fsp3) is 0.333. The molecule has 3 rings (SSSR count). The van der Waals surface area contributed by atoms with Gasteiger partial charge in [-0.2, -0.15) is 0 Å². The number of ether oxygens (including phenoxy) is 1. The van der Waals surface area contributed by atoms with Gasteiger partial charge < -0.3 is 14.7 Å². The van der Waals surface area contributed by atoms with E-state index < -0.39 is 11.9 Å². The summed E-state index contributed by atoms with van der Waals surface area (Å²) in [6.07, 6.45) is 1.05. The lowest BCUT2D eigenvalue weighted by molar-refractivity contribution is -0.144. The van der Waals surface area contributed by atoms with Gasteiger partial charge in [-0.25, -0.2) is 0 Å². The third-order valence-electron chi connectivity index (χ3n) is 4.84. The van der Waals surface area contributed by atoms with Crippen molar-refractivity contribution in [2.75, 3.05) is 13.7 Å². The van der Waals surface area contributed by atoms with Crippen molar-refractivity contribution in [3.8, 4) is 5.75 Å². The van der Waals surface area contributed by atoms with E-state index in [0.29, 0.717) is 19.5 Å². The van der Waals surface area contributed by atoms with Gasteiger partial charge in [-0.05, 0) is 41.7 Å². The molecule has 0 radical (unpaired) electrons. The van der Waals surface area contributed by atoms with E-state index in [1.54, 1.807) is 12.0 Å². The molecule has 136 valence electrons. The summed E-state index contributed by atoms with van der Waals surface area (Å²) >= 11 is 0. The van der Waals surface area contributed by atoms with E-state index in [2.05, 4.69) is 0 Å². The van der Waals surface area contributed by atoms with Crippen LogP contribution in [0.2, 0.25) is 0 Å². The zero-order valence-corrected chi connectivity index (χ0v) is 14.9.